The fraction of sp³-hybridized carbons (Fsp3) is 0.200. The third kappa shape index (κ3) is 1.41. The minimum absolute atomic E-state index is 0.289. The fourth-order valence-corrected chi connectivity index (χ4v) is 1.53. The first-order valence-corrected chi connectivity index (χ1v) is 4.55. The average molecular weight is 205 g/mol. The van der Waals surface area contributed by atoms with Crippen molar-refractivity contribution in [1.29, 1.82) is 5.41 Å². The van der Waals surface area contributed by atoms with Gasteiger partial charge in [-0.15, -0.1) is 0 Å². The number of hydrogen-bond donors (Lipinski definition) is 2. The quantitative estimate of drug-likeness (QED) is 0.483. The molecule has 15 heavy (non-hydrogen) atoms. The van der Waals surface area contributed by atoms with Gasteiger partial charge in [-0.25, -0.2) is 4.90 Å². The predicted molar refractivity (Wildman–Crippen MR) is 55.9 cm³/mol. The number of anilines is 1. The molecular weight excluding hydrogens is 194 g/mol. The van der Waals surface area contributed by atoms with Crippen molar-refractivity contribution in [3.63, 3.8) is 0 Å². The molecule has 5 nitrogen and oxygen atoms in total. The molecule has 0 saturated carbocycles. The minimum atomic E-state index is -0.608. The number of nitrogens with two attached hydrogens (primary N) is 1. The van der Waals surface area contributed by atoms with Crippen LogP contribution in [0.3, 0.4) is 0 Å². The van der Waals surface area contributed by atoms with Gasteiger partial charge in [0.15, 0.2) is 12.1 Å². The molecule has 1 heterocycles. The molecule has 0 spiro atoms. The van der Waals surface area contributed by atoms with E-state index in [9.17, 15) is 4.79 Å². The summed E-state index contributed by atoms with van der Waals surface area (Å²) in [6.07, 6.45) is -0.608. The second-order valence-electron chi connectivity index (χ2n) is 3.29. The van der Waals surface area contributed by atoms with Gasteiger partial charge in [-0.1, -0.05) is 12.1 Å². The average Bonchev–Trinajstić information content (AvgIpc) is 2.19. The number of nitrogens with zero attached hydrogens (tertiary/aromatic N) is 1. The molecule has 5 heteroatoms. The van der Waals surface area contributed by atoms with Crippen LogP contribution < -0.4 is 15.4 Å². The standard InChI is InChI=1S/C10H11N3O2/c1-6-9(14)13(10(11)12)7-4-2-3-5-8(7)15-6/h2-6H,1H3,(H3,11,12). The third-order valence-corrected chi connectivity index (χ3v) is 2.22. The number of rotatable bonds is 0. The van der Waals surface area contributed by atoms with E-state index in [1.165, 1.54) is 0 Å². The molecular formula is C10H11N3O2. The number of hydrogen-bond acceptors (Lipinski definition) is 3. The molecule has 0 radical (unpaired) electrons. The van der Waals surface area contributed by atoms with E-state index < -0.39 is 6.10 Å². The number of guanidine groups is 1. The minimum Gasteiger partial charge on any atom is -0.479 e. The van der Waals surface area contributed by atoms with Crippen molar-refractivity contribution in [2.45, 2.75) is 13.0 Å². The normalized spacial score (nSPS) is 19.4. The van der Waals surface area contributed by atoms with Crippen LogP contribution in [0.4, 0.5) is 5.69 Å². The van der Waals surface area contributed by atoms with Gasteiger partial charge in [-0.3, -0.25) is 10.2 Å². The number of amides is 1. The lowest BCUT2D eigenvalue weighted by Gasteiger charge is -2.31. The molecule has 1 aromatic rings. The largest absolute Gasteiger partial charge is 0.479 e. The Hall–Kier alpha value is -2.04. The second kappa shape index (κ2) is 3.27. The molecule has 0 bridgehead atoms. The Morgan fingerprint density at radius 3 is 2.87 bits per heavy atom. The van der Waals surface area contributed by atoms with Crippen LogP contribution in [-0.2, 0) is 4.79 Å². The number of benzene rings is 1. The van der Waals surface area contributed by atoms with E-state index in [2.05, 4.69) is 0 Å². The summed E-state index contributed by atoms with van der Waals surface area (Å²) < 4.78 is 5.38. The van der Waals surface area contributed by atoms with Crippen molar-refractivity contribution in [2.75, 3.05) is 4.90 Å². The SMILES string of the molecule is CC1Oc2ccccc2N(C(=N)N)C1=O. The zero-order valence-corrected chi connectivity index (χ0v) is 8.23. The van der Waals surface area contributed by atoms with Gasteiger partial charge in [0.25, 0.3) is 5.91 Å². The topological polar surface area (TPSA) is 79.4 Å². The highest BCUT2D eigenvalue weighted by Crippen LogP contribution is 2.33. The van der Waals surface area contributed by atoms with Gasteiger partial charge in [0, 0.05) is 0 Å². The Morgan fingerprint density at radius 2 is 2.20 bits per heavy atom. The van der Waals surface area contributed by atoms with Gasteiger partial charge >= 0.3 is 0 Å². The summed E-state index contributed by atoms with van der Waals surface area (Å²) in [5.74, 6) is -0.0383. The highest BCUT2D eigenvalue weighted by molar-refractivity contribution is 6.17. The van der Waals surface area contributed by atoms with Gasteiger partial charge in [0.05, 0.1) is 5.69 Å². The number of nitrogens with one attached hydrogen (secondary N) is 1. The van der Waals surface area contributed by atoms with E-state index in [0.717, 1.165) is 4.90 Å². The van der Waals surface area contributed by atoms with Gasteiger partial charge in [0.1, 0.15) is 5.75 Å². The monoisotopic (exact) mass is 205 g/mol. The molecule has 1 atom stereocenters. The van der Waals surface area contributed by atoms with Crippen molar-refractivity contribution in [2.24, 2.45) is 5.73 Å². The van der Waals surface area contributed by atoms with Crippen molar-refractivity contribution in [1.82, 2.24) is 0 Å². The molecule has 1 unspecified atom stereocenters. The van der Waals surface area contributed by atoms with E-state index >= 15 is 0 Å². The lowest BCUT2D eigenvalue weighted by atomic mass is 10.2. The van der Waals surface area contributed by atoms with Crippen molar-refractivity contribution in [3.05, 3.63) is 24.3 Å². The van der Waals surface area contributed by atoms with Gasteiger partial charge in [-0.05, 0) is 19.1 Å². The Morgan fingerprint density at radius 1 is 1.53 bits per heavy atom. The summed E-state index contributed by atoms with van der Waals surface area (Å²) in [5.41, 5.74) is 5.89. The Kier molecular flexibility index (Phi) is 2.07. The van der Waals surface area contributed by atoms with E-state index in [-0.39, 0.29) is 11.9 Å². The molecule has 1 amide bonds. The Bertz CT molecular complexity index is 430. The molecule has 3 N–H and O–H groups in total. The van der Waals surface area contributed by atoms with Crippen LogP contribution in [0.2, 0.25) is 0 Å². The van der Waals surface area contributed by atoms with Crippen LogP contribution in [0, 0.1) is 5.41 Å². The van der Waals surface area contributed by atoms with Crippen molar-refractivity contribution >= 4 is 17.6 Å². The molecule has 0 saturated heterocycles. The lowest BCUT2D eigenvalue weighted by Crippen LogP contribution is -2.50. The first-order chi connectivity index (χ1) is 7.11. The third-order valence-electron chi connectivity index (χ3n) is 2.22. The van der Waals surface area contributed by atoms with Crippen LogP contribution >= 0.6 is 0 Å². The lowest BCUT2D eigenvalue weighted by molar-refractivity contribution is -0.124. The molecule has 0 aliphatic carbocycles. The smallest absolute Gasteiger partial charge is 0.274 e. The van der Waals surface area contributed by atoms with Crippen LogP contribution in [0.1, 0.15) is 6.92 Å². The fourth-order valence-electron chi connectivity index (χ4n) is 1.53. The number of carbonyl (C=O) groups is 1. The van der Waals surface area contributed by atoms with E-state index in [0.29, 0.717) is 11.4 Å². The molecule has 78 valence electrons. The Labute approximate surface area is 86.9 Å². The zero-order valence-electron chi connectivity index (χ0n) is 8.23. The summed E-state index contributed by atoms with van der Waals surface area (Å²) in [5, 5.41) is 7.37. The molecule has 0 fully saturated rings. The number of fused-ring (bicyclic) bond motifs is 1. The second-order valence-corrected chi connectivity index (χ2v) is 3.29. The molecule has 1 aromatic carbocycles. The Balaban J connectivity index is 2.54. The first-order valence-electron chi connectivity index (χ1n) is 4.55. The summed E-state index contributed by atoms with van der Waals surface area (Å²) in [6.45, 7) is 1.63. The van der Waals surface area contributed by atoms with Crippen LogP contribution in [0.5, 0.6) is 5.75 Å². The van der Waals surface area contributed by atoms with Crippen LogP contribution in [-0.4, -0.2) is 18.0 Å². The van der Waals surface area contributed by atoms with E-state index in [1.54, 1.807) is 31.2 Å². The maximum Gasteiger partial charge on any atom is 0.274 e. The maximum atomic E-state index is 11.7. The predicted octanol–water partition coefficient (Wildman–Crippen LogP) is 0.694. The van der Waals surface area contributed by atoms with E-state index in [4.69, 9.17) is 15.9 Å². The molecule has 0 aromatic heterocycles. The van der Waals surface area contributed by atoms with Gasteiger partial charge in [0.2, 0.25) is 0 Å². The summed E-state index contributed by atoms with van der Waals surface area (Å²) in [4.78, 5) is 12.9. The maximum absolute atomic E-state index is 11.7. The number of ether oxygens (including phenoxy) is 1. The highest BCUT2D eigenvalue weighted by atomic mass is 16.5. The van der Waals surface area contributed by atoms with Crippen LogP contribution in [0.15, 0.2) is 24.3 Å². The zero-order chi connectivity index (χ0) is 11.0. The number of carbonyl (C=O) groups excluding carboxylic acids is 1. The van der Waals surface area contributed by atoms with Gasteiger partial charge < -0.3 is 10.5 Å². The summed E-state index contributed by atoms with van der Waals surface area (Å²) >= 11 is 0. The molecule has 2 rings (SSSR count). The van der Waals surface area contributed by atoms with E-state index in [1.807, 2.05) is 0 Å². The molecule has 1 aliphatic heterocycles. The summed E-state index contributed by atoms with van der Waals surface area (Å²) in [7, 11) is 0. The number of para-hydroxylation sites is 2. The van der Waals surface area contributed by atoms with Gasteiger partial charge in [-0.2, -0.15) is 0 Å². The van der Waals surface area contributed by atoms with Crippen LogP contribution in [0.25, 0.3) is 0 Å². The first kappa shape index (κ1) is 9.51. The highest BCUT2D eigenvalue weighted by Gasteiger charge is 2.32. The molecule has 1 aliphatic rings. The van der Waals surface area contributed by atoms with Crippen molar-refractivity contribution < 1.29 is 9.53 Å². The van der Waals surface area contributed by atoms with Crippen molar-refractivity contribution in [3.8, 4) is 5.75 Å². The summed E-state index contributed by atoms with van der Waals surface area (Å²) in [6, 6.07) is 7.01.